The summed E-state index contributed by atoms with van der Waals surface area (Å²) < 4.78 is 26.8. The van der Waals surface area contributed by atoms with Crippen LogP contribution in [-0.2, 0) is 10.2 Å². The maximum atomic E-state index is 11.9. The summed E-state index contributed by atoms with van der Waals surface area (Å²) in [5.74, 6) is 0.485. The lowest BCUT2D eigenvalue weighted by Gasteiger charge is -2.32. The molecule has 1 atom stereocenters. The molecule has 2 heterocycles. The Kier molecular flexibility index (Phi) is 3.53. The number of nitrogens with zero attached hydrogens (tertiary/aromatic N) is 3. The zero-order valence-corrected chi connectivity index (χ0v) is 10.9. The Morgan fingerprint density at radius 1 is 1.31 bits per heavy atom. The molecule has 2 saturated heterocycles. The van der Waals surface area contributed by atoms with Crippen molar-refractivity contribution in [1.29, 1.82) is 0 Å². The average Bonchev–Trinajstić information content (AvgIpc) is 3.00. The maximum absolute atomic E-state index is 11.9. The average molecular weight is 247 g/mol. The minimum absolute atomic E-state index is 0.485. The van der Waals surface area contributed by atoms with Gasteiger partial charge in [0.2, 0.25) is 0 Å². The fraction of sp³-hybridized carbons (Fsp3) is 1.00. The van der Waals surface area contributed by atoms with Gasteiger partial charge in [-0.1, -0.05) is 0 Å². The summed E-state index contributed by atoms with van der Waals surface area (Å²) in [6.45, 7) is 4.19. The van der Waals surface area contributed by atoms with Gasteiger partial charge in [0.25, 0.3) is 10.2 Å². The van der Waals surface area contributed by atoms with Crippen LogP contribution < -0.4 is 0 Å². The van der Waals surface area contributed by atoms with Crippen molar-refractivity contribution in [2.75, 3.05) is 46.8 Å². The highest BCUT2D eigenvalue weighted by Crippen LogP contribution is 2.20. The molecule has 5 nitrogen and oxygen atoms in total. The van der Waals surface area contributed by atoms with Crippen LogP contribution in [0.3, 0.4) is 0 Å². The first-order valence-corrected chi connectivity index (χ1v) is 7.30. The van der Waals surface area contributed by atoms with Crippen molar-refractivity contribution in [1.82, 2.24) is 13.5 Å². The molecule has 0 aromatic heterocycles. The quantitative estimate of drug-likeness (QED) is 0.647. The summed E-state index contributed by atoms with van der Waals surface area (Å²) in [5.41, 5.74) is 0. The van der Waals surface area contributed by atoms with Gasteiger partial charge in [0.05, 0.1) is 0 Å². The summed E-state index contributed by atoms with van der Waals surface area (Å²) in [6.07, 6.45) is 2.32. The normalized spacial score (nSPS) is 28.6. The van der Waals surface area contributed by atoms with Gasteiger partial charge in [-0.15, -0.1) is 0 Å². The second-order valence-corrected chi connectivity index (χ2v) is 6.99. The van der Waals surface area contributed by atoms with Gasteiger partial charge in [-0.2, -0.15) is 17.0 Å². The molecule has 0 aromatic rings. The van der Waals surface area contributed by atoms with Crippen molar-refractivity contribution >= 4 is 10.2 Å². The van der Waals surface area contributed by atoms with Crippen molar-refractivity contribution in [3.8, 4) is 0 Å². The Balaban J connectivity index is 1.88. The molecule has 0 N–H and O–H groups in total. The van der Waals surface area contributed by atoms with Gasteiger partial charge in [0.1, 0.15) is 0 Å². The van der Waals surface area contributed by atoms with E-state index in [1.807, 2.05) is 0 Å². The van der Waals surface area contributed by atoms with E-state index in [2.05, 4.69) is 11.9 Å². The number of likely N-dealkylation sites (tertiary alicyclic amines) is 1. The molecule has 0 aliphatic carbocycles. The van der Waals surface area contributed by atoms with E-state index < -0.39 is 10.2 Å². The van der Waals surface area contributed by atoms with E-state index in [4.69, 9.17) is 0 Å². The molecule has 0 saturated carbocycles. The summed E-state index contributed by atoms with van der Waals surface area (Å²) in [5, 5.41) is 0. The molecule has 2 fully saturated rings. The lowest BCUT2D eigenvalue weighted by Crippen LogP contribution is -2.41. The molecular formula is C10H21N3O2S. The molecule has 1 unspecified atom stereocenters. The van der Waals surface area contributed by atoms with Gasteiger partial charge in [-0.25, -0.2) is 0 Å². The standard InChI is InChI=1S/C10H21N3O2S/c1-11-5-3-4-10(8-11)9-12(2)16(14,15)13-6-7-13/h10H,3-9H2,1-2H3. The van der Waals surface area contributed by atoms with Crippen LogP contribution >= 0.6 is 0 Å². The van der Waals surface area contributed by atoms with Crippen LogP contribution in [-0.4, -0.2) is 68.7 Å². The summed E-state index contributed by atoms with van der Waals surface area (Å²) in [7, 11) is 0.664. The Hall–Kier alpha value is -0.170. The highest BCUT2D eigenvalue weighted by Gasteiger charge is 2.36. The van der Waals surface area contributed by atoms with E-state index in [9.17, 15) is 8.42 Å². The minimum Gasteiger partial charge on any atom is -0.306 e. The van der Waals surface area contributed by atoms with E-state index in [0.29, 0.717) is 25.6 Å². The monoisotopic (exact) mass is 247 g/mol. The Morgan fingerprint density at radius 2 is 2.00 bits per heavy atom. The van der Waals surface area contributed by atoms with Crippen molar-refractivity contribution < 1.29 is 8.42 Å². The van der Waals surface area contributed by atoms with Gasteiger partial charge in [0.15, 0.2) is 0 Å². The molecule has 0 amide bonds. The third-order valence-corrected chi connectivity index (χ3v) is 5.32. The van der Waals surface area contributed by atoms with E-state index in [-0.39, 0.29) is 0 Å². The van der Waals surface area contributed by atoms with E-state index in [1.165, 1.54) is 15.0 Å². The SMILES string of the molecule is CN1CCCC(CN(C)S(=O)(=O)N2CC2)C1. The Bertz CT molecular complexity index is 340. The topological polar surface area (TPSA) is 43.6 Å². The zero-order chi connectivity index (χ0) is 11.8. The molecule has 2 rings (SSSR count). The third-order valence-electron chi connectivity index (χ3n) is 3.36. The van der Waals surface area contributed by atoms with Gasteiger partial charge in [-0.3, -0.25) is 0 Å². The predicted molar refractivity (Wildman–Crippen MR) is 63.3 cm³/mol. The van der Waals surface area contributed by atoms with Gasteiger partial charge in [0, 0.05) is 33.2 Å². The van der Waals surface area contributed by atoms with Gasteiger partial charge >= 0.3 is 0 Å². The minimum atomic E-state index is -3.13. The van der Waals surface area contributed by atoms with Crippen molar-refractivity contribution in [2.24, 2.45) is 5.92 Å². The molecule has 0 spiro atoms. The van der Waals surface area contributed by atoms with E-state index in [0.717, 1.165) is 19.5 Å². The fourth-order valence-corrected chi connectivity index (χ4v) is 3.69. The number of hydrogen-bond acceptors (Lipinski definition) is 3. The molecular weight excluding hydrogens is 226 g/mol. The molecule has 0 radical (unpaired) electrons. The van der Waals surface area contributed by atoms with E-state index in [1.54, 1.807) is 7.05 Å². The predicted octanol–water partition coefficient (Wildman–Crippen LogP) is -0.180. The van der Waals surface area contributed by atoms with Crippen LogP contribution in [0.25, 0.3) is 0 Å². The molecule has 6 heteroatoms. The molecule has 16 heavy (non-hydrogen) atoms. The van der Waals surface area contributed by atoms with Crippen LogP contribution in [0, 0.1) is 5.92 Å². The van der Waals surface area contributed by atoms with Gasteiger partial charge in [-0.05, 0) is 32.4 Å². The first kappa shape index (κ1) is 12.3. The smallest absolute Gasteiger partial charge is 0.281 e. The first-order chi connectivity index (χ1) is 7.50. The van der Waals surface area contributed by atoms with Gasteiger partial charge < -0.3 is 4.90 Å². The fourth-order valence-electron chi connectivity index (χ4n) is 2.35. The van der Waals surface area contributed by atoms with Crippen molar-refractivity contribution in [2.45, 2.75) is 12.8 Å². The van der Waals surface area contributed by atoms with E-state index >= 15 is 0 Å². The first-order valence-electron chi connectivity index (χ1n) is 5.90. The molecule has 0 bridgehead atoms. The largest absolute Gasteiger partial charge is 0.306 e. The number of hydrogen-bond donors (Lipinski definition) is 0. The second-order valence-electron chi connectivity index (χ2n) is 4.96. The lowest BCUT2D eigenvalue weighted by molar-refractivity contribution is 0.191. The zero-order valence-electron chi connectivity index (χ0n) is 10.1. The summed E-state index contributed by atoms with van der Waals surface area (Å²) in [6, 6.07) is 0. The van der Waals surface area contributed by atoms with Crippen LogP contribution in [0.2, 0.25) is 0 Å². The summed E-state index contributed by atoms with van der Waals surface area (Å²) in [4.78, 5) is 2.28. The van der Waals surface area contributed by atoms with Crippen LogP contribution in [0.5, 0.6) is 0 Å². The third kappa shape index (κ3) is 2.74. The summed E-state index contributed by atoms with van der Waals surface area (Å²) >= 11 is 0. The Morgan fingerprint density at radius 3 is 2.56 bits per heavy atom. The number of piperidine rings is 1. The maximum Gasteiger partial charge on any atom is 0.281 e. The Labute approximate surface area is 98.2 Å². The highest BCUT2D eigenvalue weighted by atomic mass is 32.2. The number of rotatable bonds is 4. The molecule has 0 aromatic carbocycles. The molecule has 94 valence electrons. The highest BCUT2D eigenvalue weighted by molar-refractivity contribution is 7.87. The molecule has 2 aliphatic heterocycles. The second kappa shape index (κ2) is 4.60. The van der Waals surface area contributed by atoms with Crippen LogP contribution in [0.15, 0.2) is 0 Å². The lowest BCUT2D eigenvalue weighted by atomic mass is 9.99. The van der Waals surface area contributed by atoms with Crippen LogP contribution in [0.4, 0.5) is 0 Å². The van der Waals surface area contributed by atoms with Crippen LogP contribution in [0.1, 0.15) is 12.8 Å². The van der Waals surface area contributed by atoms with Crippen molar-refractivity contribution in [3.63, 3.8) is 0 Å². The van der Waals surface area contributed by atoms with Crippen molar-refractivity contribution in [3.05, 3.63) is 0 Å². The molecule has 2 aliphatic rings.